The molecule has 4 atom stereocenters. The summed E-state index contributed by atoms with van der Waals surface area (Å²) in [5.74, 6) is 0. The van der Waals surface area contributed by atoms with E-state index in [1.54, 1.807) is 0 Å². The quantitative estimate of drug-likeness (QED) is 0.0599. The van der Waals surface area contributed by atoms with Crippen LogP contribution in [-0.4, -0.2) is 22.6 Å². The second-order valence-corrected chi connectivity index (χ2v) is 18.2. The van der Waals surface area contributed by atoms with Crippen LogP contribution in [0.3, 0.4) is 0 Å². The van der Waals surface area contributed by atoms with Gasteiger partial charge in [-0.3, -0.25) is 0 Å². The summed E-state index contributed by atoms with van der Waals surface area (Å²) in [5, 5.41) is 0. The minimum Gasteiger partial charge on any atom is -0.799 e. The molecule has 0 amide bonds. The number of unbranched alkanes of at least 4 members (excludes halogenated alkanes) is 12. The van der Waals surface area contributed by atoms with Gasteiger partial charge in [-0.1, -0.05) is 158 Å². The monoisotopic (exact) mass is 636 g/mol. The predicted molar refractivity (Wildman–Crippen MR) is 168 cm³/mol. The Morgan fingerprint density at radius 3 is 0.744 bits per heavy atom. The Morgan fingerprint density at radius 1 is 0.410 bits per heavy atom. The minimum atomic E-state index is -3.22. The van der Waals surface area contributed by atoms with Crippen LogP contribution in [0.25, 0.3) is 0 Å². The third-order valence-electron chi connectivity index (χ3n) is 8.36. The fourth-order valence-corrected chi connectivity index (χ4v) is 8.96. The van der Waals surface area contributed by atoms with Gasteiger partial charge in [0.05, 0.1) is 0 Å². The smallest absolute Gasteiger partial charge is 0.799 e. The molecule has 0 aliphatic carbocycles. The summed E-state index contributed by atoms with van der Waals surface area (Å²) in [6, 6.07) is 0. The van der Waals surface area contributed by atoms with Crippen LogP contribution in [0.5, 0.6) is 0 Å². The van der Waals surface area contributed by atoms with Gasteiger partial charge in [0.25, 0.3) is 0 Å². The van der Waals surface area contributed by atoms with E-state index in [1.807, 2.05) is 27.7 Å². The fraction of sp³-hybridized carbons (Fsp3) is 1.00. The summed E-state index contributed by atoms with van der Waals surface area (Å²) in [6.45, 7) is 16.3. The molecule has 0 saturated carbocycles. The van der Waals surface area contributed by atoms with Gasteiger partial charge < -0.3 is 18.9 Å². The SMILES string of the molecule is CCCCCCC(C)P(=O)([O-])C(C)CCCCCC.CCCCCCC(C)P(=O)([O-])C(C)CCCCCC.[Ni+2]. The average molecular weight is 638 g/mol. The van der Waals surface area contributed by atoms with E-state index in [-0.39, 0.29) is 39.1 Å². The zero-order valence-corrected chi connectivity index (χ0v) is 30.1. The van der Waals surface area contributed by atoms with Crippen LogP contribution in [0.1, 0.15) is 184 Å². The molecule has 0 fully saturated rings. The first kappa shape index (κ1) is 44.3. The van der Waals surface area contributed by atoms with E-state index in [1.165, 1.54) is 77.0 Å². The van der Waals surface area contributed by atoms with E-state index in [0.717, 1.165) is 51.4 Å². The van der Waals surface area contributed by atoms with Gasteiger partial charge in [-0.05, 0) is 48.3 Å². The van der Waals surface area contributed by atoms with Gasteiger partial charge in [0.15, 0.2) is 0 Å². The first-order chi connectivity index (χ1) is 17.9. The molecule has 0 bridgehead atoms. The van der Waals surface area contributed by atoms with Crippen LogP contribution in [0.2, 0.25) is 0 Å². The van der Waals surface area contributed by atoms with Gasteiger partial charge in [0, 0.05) is 14.7 Å². The summed E-state index contributed by atoms with van der Waals surface area (Å²) in [7, 11) is -6.44. The van der Waals surface area contributed by atoms with E-state index in [0.29, 0.717) is 0 Å². The number of hydrogen-bond acceptors (Lipinski definition) is 4. The summed E-state index contributed by atoms with van der Waals surface area (Å²) in [5.41, 5.74) is -0.535. The van der Waals surface area contributed by atoms with Crippen LogP contribution >= 0.6 is 14.7 Å². The van der Waals surface area contributed by atoms with Crippen molar-refractivity contribution in [1.82, 2.24) is 0 Å². The Balaban J connectivity index is -0.000000648. The van der Waals surface area contributed by atoms with E-state index >= 15 is 0 Å². The molecule has 240 valence electrons. The third kappa shape index (κ3) is 22.1. The first-order valence-electron chi connectivity index (χ1n) is 16.5. The van der Waals surface area contributed by atoms with Crippen LogP contribution in [-0.2, 0) is 25.6 Å². The molecule has 4 nitrogen and oxygen atoms in total. The topological polar surface area (TPSA) is 80.3 Å². The molecule has 0 aliphatic rings. The van der Waals surface area contributed by atoms with E-state index < -0.39 is 14.7 Å². The van der Waals surface area contributed by atoms with E-state index in [9.17, 15) is 18.9 Å². The van der Waals surface area contributed by atoms with E-state index in [2.05, 4.69) is 27.7 Å². The Labute approximate surface area is 255 Å². The molecule has 0 saturated heterocycles. The second-order valence-electron chi connectivity index (χ2n) is 12.1. The number of rotatable bonds is 24. The third-order valence-corrected chi connectivity index (χ3v) is 14.3. The van der Waals surface area contributed by atoms with Gasteiger partial charge >= 0.3 is 16.5 Å². The summed E-state index contributed by atoms with van der Waals surface area (Å²) < 4.78 is 24.8. The van der Waals surface area contributed by atoms with Crippen molar-refractivity contribution < 1.29 is 35.4 Å². The molecule has 0 rings (SSSR count). The predicted octanol–water partition coefficient (Wildman–Crippen LogP) is 10.7. The van der Waals surface area contributed by atoms with Crippen LogP contribution in [0.4, 0.5) is 0 Å². The maximum absolute atomic E-state index is 12.4. The van der Waals surface area contributed by atoms with Crippen molar-refractivity contribution in [3.63, 3.8) is 0 Å². The standard InChI is InChI=1S/2C16H35O2P.Ni/c2*1-5-7-9-11-13-15(3)19(17,18)16(4)14-12-10-8-6-2;/h2*15-16H,5-14H2,1-4H3,(H,17,18);/q;;+2/p-2. The Bertz CT molecular complexity index is 521. The molecule has 0 radical (unpaired) electrons. The first-order valence-corrected chi connectivity index (χ1v) is 20.1. The van der Waals surface area contributed by atoms with Gasteiger partial charge in [-0.25, -0.2) is 0 Å². The molecule has 0 heterocycles. The molecule has 39 heavy (non-hydrogen) atoms. The molecule has 0 aromatic carbocycles. The normalized spacial score (nSPS) is 17.5. The van der Waals surface area contributed by atoms with Crippen molar-refractivity contribution in [1.29, 1.82) is 0 Å². The molecular weight excluding hydrogens is 569 g/mol. The van der Waals surface area contributed by atoms with Crippen molar-refractivity contribution in [3.05, 3.63) is 0 Å². The van der Waals surface area contributed by atoms with Crippen LogP contribution < -0.4 is 9.79 Å². The number of hydrogen-bond donors (Lipinski definition) is 0. The van der Waals surface area contributed by atoms with Crippen LogP contribution in [0.15, 0.2) is 0 Å². The van der Waals surface area contributed by atoms with Gasteiger partial charge in [-0.2, -0.15) is 0 Å². The van der Waals surface area contributed by atoms with Crippen molar-refractivity contribution in [3.8, 4) is 0 Å². The Kier molecular flexibility index (Phi) is 31.5. The molecule has 7 heteroatoms. The Morgan fingerprint density at radius 2 is 0.590 bits per heavy atom. The summed E-state index contributed by atoms with van der Waals surface area (Å²) >= 11 is 0. The van der Waals surface area contributed by atoms with Crippen molar-refractivity contribution in [2.75, 3.05) is 0 Å². The zero-order valence-electron chi connectivity index (χ0n) is 27.3. The van der Waals surface area contributed by atoms with Crippen molar-refractivity contribution in [2.24, 2.45) is 0 Å². The molecule has 0 aromatic rings. The fourth-order valence-electron chi connectivity index (χ4n) is 5.05. The average Bonchev–Trinajstić information content (AvgIpc) is 2.89. The largest absolute Gasteiger partial charge is 2.00 e. The minimum absolute atomic E-state index is 0. The van der Waals surface area contributed by atoms with Gasteiger partial charge in [-0.15, -0.1) is 0 Å². The van der Waals surface area contributed by atoms with Crippen molar-refractivity contribution in [2.45, 2.75) is 206 Å². The molecular formula is C32H68NiO4P2. The van der Waals surface area contributed by atoms with E-state index in [4.69, 9.17) is 0 Å². The maximum atomic E-state index is 12.4. The van der Waals surface area contributed by atoms with Crippen LogP contribution in [0, 0.1) is 0 Å². The molecule has 4 unspecified atom stereocenters. The molecule has 0 N–H and O–H groups in total. The summed E-state index contributed by atoms with van der Waals surface area (Å²) in [4.78, 5) is 24.8. The maximum Gasteiger partial charge on any atom is 2.00 e. The van der Waals surface area contributed by atoms with Gasteiger partial charge in [0.1, 0.15) is 0 Å². The molecule has 0 spiro atoms. The van der Waals surface area contributed by atoms with Crippen molar-refractivity contribution >= 4 is 14.7 Å². The molecule has 0 aromatic heterocycles. The molecule has 0 aliphatic heterocycles. The summed E-state index contributed by atoms with van der Waals surface area (Å²) in [6.07, 6.45) is 22.0. The van der Waals surface area contributed by atoms with Gasteiger partial charge in [0.2, 0.25) is 0 Å². The second kappa shape index (κ2) is 27.7. The zero-order chi connectivity index (χ0) is 29.5. The Hall–Kier alpha value is 0.874.